The molecule has 3 aliphatic rings. The highest BCUT2D eigenvalue weighted by Gasteiger charge is 2.42. The van der Waals surface area contributed by atoms with E-state index in [0.29, 0.717) is 12.2 Å². The van der Waals surface area contributed by atoms with E-state index in [9.17, 15) is 13.2 Å². The van der Waals surface area contributed by atoms with E-state index in [0.717, 1.165) is 11.1 Å². The lowest BCUT2D eigenvalue weighted by Crippen LogP contribution is -2.60. The Labute approximate surface area is 135 Å². The number of hydrogen-bond acceptors (Lipinski definition) is 6. The van der Waals surface area contributed by atoms with Gasteiger partial charge in [-0.1, -0.05) is 18.2 Å². The minimum Gasteiger partial charge on any atom is -0.270 e. The van der Waals surface area contributed by atoms with Gasteiger partial charge >= 0.3 is 0 Å². The van der Waals surface area contributed by atoms with Crippen molar-refractivity contribution in [1.82, 2.24) is 15.1 Å². The van der Waals surface area contributed by atoms with Crippen molar-refractivity contribution >= 4 is 16.0 Å². The van der Waals surface area contributed by atoms with E-state index >= 15 is 0 Å². The van der Waals surface area contributed by atoms with Crippen molar-refractivity contribution in [2.45, 2.75) is 26.3 Å². The summed E-state index contributed by atoms with van der Waals surface area (Å²) in [6.45, 7) is 3.14. The smallest absolute Gasteiger partial charge is 0.270 e. The van der Waals surface area contributed by atoms with Gasteiger partial charge in [-0.05, 0) is 31.9 Å². The first-order valence-corrected chi connectivity index (χ1v) is 9.00. The summed E-state index contributed by atoms with van der Waals surface area (Å²) in [4.78, 5) is 12.4. The number of amides is 1. The van der Waals surface area contributed by atoms with Crippen LogP contribution in [0.3, 0.4) is 0 Å². The first-order chi connectivity index (χ1) is 10.9. The quantitative estimate of drug-likeness (QED) is 0.772. The van der Waals surface area contributed by atoms with Crippen LogP contribution in [0, 0.1) is 0 Å². The van der Waals surface area contributed by atoms with E-state index in [-0.39, 0.29) is 11.7 Å². The largest absolute Gasteiger partial charge is 0.287 e. The van der Waals surface area contributed by atoms with Crippen LogP contribution in [0.5, 0.6) is 0 Å². The lowest BCUT2D eigenvalue weighted by Gasteiger charge is -2.47. The fourth-order valence-corrected chi connectivity index (χ4v) is 3.27. The predicted molar refractivity (Wildman–Crippen MR) is 84.5 cm³/mol. The van der Waals surface area contributed by atoms with Crippen molar-refractivity contribution in [2.24, 2.45) is 0 Å². The highest BCUT2D eigenvalue weighted by atomic mass is 32.2. The van der Waals surface area contributed by atoms with Gasteiger partial charge in [-0.15, -0.1) is 4.28 Å². The van der Waals surface area contributed by atoms with Crippen molar-refractivity contribution in [2.75, 3.05) is 12.8 Å². The maximum Gasteiger partial charge on any atom is 0.287 e. The Hall–Kier alpha value is -2.06. The number of likely N-dealkylation sites (N-methyl/N-ethyl adjacent to an activating group) is 1. The molecule has 23 heavy (non-hydrogen) atoms. The highest BCUT2D eigenvalue weighted by Crippen LogP contribution is 2.37. The van der Waals surface area contributed by atoms with Crippen LogP contribution in [-0.2, 0) is 19.2 Å². The Kier molecular flexibility index (Phi) is 3.81. The number of hydrazine groups is 1. The van der Waals surface area contributed by atoms with E-state index in [1.165, 1.54) is 17.0 Å². The van der Waals surface area contributed by atoms with E-state index in [1.54, 1.807) is 25.2 Å². The molecule has 0 bridgehead atoms. The summed E-state index contributed by atoms with van der Waals surface area (Å²) in [5.74, 6) is 0.153. The van der Waals surface area contributed by atoms with Crippen LogP contribution >= 0.6 is 0 Å². The summed E-state index contributed by atoms with van der Waals surface area (Å²) in [5.41, 5.74) is 1.91. The molecule has 0 radical (unpaired) electrons. The number of carbonyl (C=O) groups excluding carboxylic acids is 1. The second-order valence-corrected chi connectivity index (χ2v) is 7.34. The minimum absolute atomic E-state index is 0.165. The zero-order valence-corrected chi connectivity index (χ0v) is 14.1. The number of rotatable bonds is 3. The third-order valence-electron chi connectivity index (χ3n) is 4.07. The average molecular weight is 337 g/mol. The molecular weight excluding hydrogens is 318 g/mol. The van der Waals surface area contributed by atoms with Gasteiger partial charge in [0.05, 0.1) is 5.75 Å². The van der Waals surface area contributed by atoms with Crippen LogP contribution in [0.2, 0.25) is 0 Å². The van der Waals surface area contributed by atoms with E-state index < -0.39 is 16.2 Å². The molecule has 8 heteroatoms. The normalized spacial score (nSPS) is 24.0. The third-order valence-corrected chi connectivity index (χ3v) is 5.17. The molecule has 7 nitrogen and oxygen atoms in total. The van der Waals surface area contributed by atoms with Gasteiger partial charge in [0.25, 0.3) is 16.0 Å². The van der Waals surface area contributed by atoms with Crippen LogP contribution in [0.25, 0.3) is 0 Å². The monoisotopic (exact) mass is 337 g/mol. The van der Waals surface area contributed by atoms with E-state index in [4.69, 9.17) is 4.28 Å². The van der Waals surface area contributed by atoms with Gasteiger partial charge in [0.15, 0.2) is 5.82 Å². The molecule has 2 heterocycles. The first-order valence-electron chi connectivity index (χ1n) is 7.42. The molecule has 1 aliphatic carbocycles. The molecule has 0 aromatic carbocycles. The molecular formula is C15H19N3O4S. The molecule has 1 unspecified atom stereocenters. The second kappa shape index (κ2) is 5.54. The highest BCUT2D eigenvalue weighted by molar-refractivity contribution is 7.86. The van der Waals surface area contributed by atoms with Crippen LogP contribution in [-0.4, -0.2) is 48.2 Å². The molecule has 124 valence electrons. The molecule has 1 fully saturated rings. The summed E-state index contributed by atoms with van der Waals surface area (Å²) in [6.07, 6.45) is 10.2. The summed E-state index contributed by atoms with van der Waals surface area (Å²) >= 11 is 0. The maximum absolute atomic E-state index is 12.4. The Morgan fingerprint density at radius 3 is 2.83 bits per heavy atom. The molecule has 1 saturated heterocycles. The number of nitrogens with zero attached hydrogens (tertiary/aromatic N) is 3. The standard InChI is InChI=1S/C15H19N3O4S/c1-4-23(20,21)22-18-11(2)15(19)16(3)17-10-9-12-7-5-6-8-13(12)14(17)18/h5-7,9-11H,4,8H2,1-3H3. The summed E-state index contributed by atoms with van der Waals surface area (Å²) < 4.78 is 29.2. The molecule has 0 N–H and O–H groups in total. The molecule has 0 saturated carbocycles. The van der Waals surface area contributed by atoms with Gasteiger partial charge in [0.2, 0.25) is 0 Å². The fraction of sp³-hybridized carbons (Fsp3) is 0.400. The van der Waals surface area contributed by atoms with Gasteiger partial charge in [0, 0.05) is 18.8 Å². The Balaban J connectivity index is 2.12. The summed E-state index contributed by atoms with van der Waals surface area (Å²) in [7, 11) is -2.09. The Bertz CT molecular complexity index is 764. The van der Waals surface area contributed by atoms with E-state index in [1.807, 2.05) is 24.3 Å². The maximum atomic E-state index is 12.4. The first kappa shape index (κ1) is 15.8. The third kappa shape index (κ3) is 2.57. The number of hydrogen-bond donors (Lipinski definition) is 0. The Morgan fingerprint density at radius 1 is 1.39 bits per heavy atom. The van der Waals surface area contributed by atoms with Crippen molar-refractivity contribution in [3.63, 3.8) is 0 Å². The topological polar surface area (TPSA) is 70.2 Å². The molecule has 2 aliphatic heterocycles. The number of allylic oxidation sites excluding steroid dienone is 6. The van der Waals surface area contributed by atoms with Crippen LogP contribution < -0.4 is 0 Å². The minimum atomic E-state index is -3.75. The summed E-state index contributed by atoms with van der Waals surface area (Å²) in [5, 5.41) is 4.31. The van der Waals surface area contributed by atoms with Crippen LogP contribution in [0.15, 0.2) is 47.5 Å². The molecule has 0 aromatic heterocycles. The molecule has 3 rings (SSSR count). The van der Waals surface area contributed by atoms with Crippen molar-refractivity contribution in [3.8, 4) is 0 Å². The van der Waals surface area contributed by atoms with Gasteiger partial charge in [0.1, 0.15) is 6.04 Å². The fourth-order valence-electron chi connectivity index (χ4n) is 2.72. The molecule has 1 atom stereocenters. The lowest BCUT2D eigenvalue weighted by molar-refractivity contribution is -0.180. The van der Waals surface area contributed by atoms with Gasteiger partial charge in [-0.25, -0.2) is 15.1 Å². The van der Waals surface area contributed by atoms with Crippen molar-refractivity contribution in [1.29, 1.82) is 0 Å². The molecule has 0 aromatic rings. The van der Waals surface area contributed by atoms with Crippen LogP contribution in [0.4, 0.5) is 0 Å². The van der Waals surface area contributed by atoms with Crippen LogP contribution in [0.1, 0.15) is 20.3 Å². The summed E-state index contributed by atoms with van der Waals surface area (Å²) in [6, 6.07) is -0.737. The second-order valence-electron chi connectivity index (χ2n) is 5.50. The lowest BCUT2D eigenvalue weighted by atomic mass is 9.95. The zero-order chi connectivity index (χ0) is 16.8. The van der Waals surface area contributed by atoms with Gasteiger partial charge in [-0.2, -0.15) is 8.42 Å². The predicted octanol–water partition coefficient (Wildman–Crippen LogP) is 1.27. The number of fused-ring (bicyclic) bond motifs is 2. The van der Waals surface area contributed by atoms with Crippen molar-refractivity contribution in [3.05, 3.63) is 47.5 Å². The molecule has 1 amide bonds. The van der Waals surface area contributed by atoms with Gasteiger partial charge < -0.3 is 0 Å². The Morgan fingerprint density at radius 2 is 2.13 bits per heavy atom. The number of hydroxylamine groups is 2. The average Bonchev–Trinajstić information content (AvgIpc) is 2.56. The van der Waals surface area contributed by atoms with E-state index in [2.05, 4.69) is 0 Å². The number of carbonyl (C=O) groups is 1. The van der Waals surface area contributed by atoms with Gasteiger partial charge in [-0.3, -0.25) is 4.79 Å². The molecule has 0 spiro atoms. The zero-order valence-electron chi connectivity index (χ0n) is 13.3. The SMILES string of the molecule is CCS(=O)(=O)ON1C2=C3CC=CC=C3C=CN2N(C)C(=O)C1C. The van der Waals surface area contributed by atoms with Crippen molar-refractivity contribution < 1.29 is 17.5 Å².